The lowest BCUT2D eigenvalue weighted by atomic mass is 10.1. The van der Waals surface area contributed by atoms with Crippen molar-refractivity contribution in [3.05, 3.63) is 41.5 Å². The summed E-state index contributed by atoms with van der Waals surface area (Å²) in [5.41, 5.74) is 1.33. The van der Waals surface area contributed by atoms with E-state index in [1.165, 1.54) is 6.08 Å². The van der Waals surface area contributed by atoms with Crippen molar-refractivity contribution in [2.75, 3.05) is 0 Å². The number of benzene rings is 1. The summed E-state index contributed by atoms with van der Waals surface area (Å²) in [5.74, 6) is -1.94. The molecule has 0 spiro atoms. The summed E-state index contributed by atoms with van der Waals surface area (Å²) < 4.78 is 0. The Labute approximate surface area is 86.5 Å². The molecule has 0 aromatic heterocycles. The highest BCUT2D eigenvalue weighted by Crippen LogP contribution is 2.07. The Morgan fingerprint density at radius 3 is 2.60 bits per heavy atom. The zero-order chi connectivity index (χ0) is 11.3. The molecule has 78 valence electrons. The molecule has 0 radical (unpaired) electrons. The molecule has 0 atom stereocenters. The maximum Gasteiger partial charge on any atom is 0.328 e. The smallest absolute Gasteiger partial charge is 0.328 e. The Bertz CT molecular complexity index is 407. The normalized spacial score (nSPS) is 10.4. The van der Waals surface area contributed by atoms with Crippen molar-refractivity contribution in [2.45, 2.75) is 6.42 Å². The van der Waals surface area contributed by atoms with Crippen LogP contribution in [0.2, 0.25) is 0 Å². The third-order valence-corrected chi connectivity index (χ3v) is 1.72. The summed E-state index contributed by atoms with van der Waals surface area (Å²) >= 11 is 0. The van der Waals surface area contributed by atoms with Gasteiger partial charge < -0.3 is 10.2 Å². The predicted octanol–water partition coefficient (Wildman–Crippen LogP) is 1.41. The summed E-state index contributed by atoms with van der Waals surface area (Å²) in [6, 6.07) is 6.74. The van der Waals surface area contributed by atoms with Crippen LogP contribution in [0.5, 0.6) is 0 Å². The highest BCUT2D eigenvalue weighted by molar-refractivity contribution is 5.85. The van der Waals surface area contributed by atoms with Gasteiger partial charge in [0.15, 0.2) is 0 Å². The fraction of sp³-hybridized carbons (Fsp3) is 0.0909. The van der Waals surface area contributed by atoms with E-state index in [0.717, 1.165) is 6.08 Å². The van der Waals surface area contributed by atoms with Gasteiger partial charge in [-0.3, -0.25) is 4.79 Å². The summed E-state index contributed by atoms with van der Waals surface area (Å²) in [5, 5.41) is 17.0. The lowest BCUT2D eigenvalue weighted by Gasteiger charge is -1.98. The molecule has 0 aliphatic carbocycles. The first-order valence-corrected chi connectivity index (χ1v) is 4.29. The molecule has 0 saturated heterocycles. The Hall–Kier alpha value is -2.10. The van der Waals surface area contributed by atoms with Gasteiger partial charge in [0.05, 0.1) is 6.42 Å². The van der Waals surface area contributed by atoms with Gasteiger partial charge in [0.2, 0.25) is 0 Å². The molecular formula is C11H10O4. The maximum atomic E-state index is 10.4. The van der Waals surface area contributed by atoms with Crippen molar-refractivity contribution in [1.29, 1.82) is 0 Å². The molecule has 2 N–H and O–H groups in total. The molecule has 0 unspecified atom stereocenters. The average Bonchev–Trinajstić information content (AvgIpc) is 2.14. The fourth-order valence-corrected chi connectivity index (χ4v) is 1.15. The van der Waals surface area contributed by atoms with Gasteiger partial charge in [-0.1, -0.05) is 24.3 Å². The van der Waals surface area contributed by atoms with E-state index < -0.39 is 11.9 Å². The number of rotatable bonds is 4. The second-order valence-corrected chi connectivity index (χ2v) is 2.99. The van der Waals surface area contributed by atoms with Crippen molar-refractivity contribution < 1.29 is 19.8 Å². The molecule has 0 aliphatic rings. The van der Waals surface area contributed by atoms with Crippen LogP contribution < -0.4 is 0 Å². The minimum atomic E-state index is -1.03. The zero-order valence-electron chi connectivity index (χ0n) is 7.88. The average molecular weight is 206 g/mol. The monoisotopic (exact) mass is 206 g/mol. The number of carboxylic acid groups (broad SMARTS) is 2. The van der Waals surface area contributed by atoms with Crippen molar-refractivity contribution in [1.82, 2.24) is 0 Å². The lowest BCUT2D eigenvalue weighted by Crippen LogP contribution is -1.99. The topological polar surface area (TPSA) is 74.6 Å². The number of carbonyl (C=O) groups is 2. The molecule has 4 nitrogen and oxygen atoms in total. The highest BCUT2D eigenvalue weighted by Gasteiger charge is 2.00. The molecule has 0 aliphatic heterocycles. The molecule has 0 heterocycles. The molecule has 0 saturated carbocycles. The van der Waals surface area contributed by atoms with Crippen LogP contribution in [0.3, 0.4) is 0 Å². The first kappa shape index (κ1) is 11.0. The molecule has 0 fully saturated rings. The van der Waals surface area contributed by atoms with Gasteiger partial charge in [0, 0.05) is 6.08 Å². The van der Waals surface area contributed by atoms with Crippen molar-refractivity contribution >= 4 is 18.0 Å². The summed E-state index contributed by atoms with van der Waals surface area (Å²) in [4.78, 5) is 20.7. The maximum absolute atomic E-state index is 10.4. The van der Waals surface area contributed by atoms with E-state index in [2.05, 4.69) is 0 Å². The standard InChI is InChI=1S/C11H10O4/c12-10(13)5-4-8-2-1-3-9(6-8)7-11(14)15/h1-6H,7H2,(H,12,13)(H,14,15)/b5-4+. The molecule has 0 amide bonds. The van der Waals surface area contributed by atoms with Crippen LogP contribution in [0, 0.1) is 0 Å². The SMILES string of the molecule is O=C(O)/C=C/c1cccc(CC(=O)O)c1. The molecule has 15 heavy (non-hydrogen) atoms. The van der Waals surface area contributed by atoms with Crippen LogP contribution in [0.15, 0.2) is 30.3 Å². The number of aliphatic carboxylic acids is 2. The quantitative estimate of drug-likeness (QED) is 0.730. The van der Waals surface area contributed by atoms with Gasteiger partial charge in [-0.15, -0.1) is 0 Å². The fourth-order valence-electron chi connectivity index (χ4n) is 1.15. The van der Waals surface area contributed by atoms with Gasteiger partial charge in [0.25, 0.3) is 0 Å². The van der Waals surface area contributed by atoms with Crippen LogP contribution >= 0.6 is 0 Å². The highest BCUT2D eigenvalue weighted by atomic mass is 16.4. The molecule has 1 aromatic rings. The van der Waals surface area contributed by atoms with E-state index >= 15 is 0 Å². The van der Waals surface area contributed by atoms with E-state index in [1.54, 1.807) is 24.3 Å². The van der Waals surface area contributed by atoms with E-state index in [4.69, 9.17) is 10.2 Å². The molecule has 1 aromatic carbocycles. The van der Waals surface area contributed by atoms with Crippen LogP contribution in [-0.2, 0) is 16.0 Å². The lowest BCUT2D eigenvalue weighted by molar-refractivity contribution is -0.136. The zero-order valence-corrected chi connectivity index (χ0v) is 7.88. The van der Waals surface area contributed by atoms with Crippen molar-refractivity contribution in [2.24, 2.45) is 0 Å². The van der Waals surface area contributed by atoms with Gasteiger partial charge in [-0.2, -0.15) is 0 Å². The van der Waals surface area contributed by atoms with Gasteiger partial charge in [-0.25, -0.2) is 4.79 Å². The molecule has 1 rings (SSSR count). The minimum Gasteiger partial charge on any atom is -0.481 e. The van der Waals surface area contributed by atoms with Gasteiger partial charge >= 0.3 is 11.9 Å². The van der Waals surface area contributed by atoms with E-state index in [9.17, 15) is 9.59 Å². The van der Waals surface area contributed by atoms with E-state index in [1.807, 2.05) is 0 Å². The Kier molecular flexibility index (Phi) is 3.62. The molecular weight excluding hydrogens is 196 g/mol. The summed E-state index contributed by atoms with van der Waals surface area (Å²) in [7, 11) is 0. The number of carboxylic acids is 2. The van der Waals surface area contributed by atoms with Crippen molar-refractivity contribution in [3.63, 3.8) is 0 Å². The van der Waals surface area contributed by atoms with Gasteiger partial charge in [0.1, 0.15) is 0 Å². The summed E-state index contributed by atoms with van der Waals surface area (Å²) in [6.07, 6.45) is 2.38. The third-order valence-electron chi connectivity index (χ3n) is 1.72. The van der Waals surface area contributed by atoms with Gasteiger partial charge in [-0.05, 0) is 17.2 Å². The van der Waals surface area contributed by atoms with E-state index in [0.29, 0.717) is 11.1 Å². The van der Waals surface area contributed by atoms with Crippen LogP contribution in [0.1, 0.15) is 11.1 Å². The predicted molar refractivity (Wildman–Crippen MR) is 54.5 cm³/mol. The third kappa shape index (κ3) is 4.08. The van der Waals surface area contributed by atoms with Crippen LogP contribution in [0.25, 0.3) is 6.08 Å². The van der Waals surface area contributed by atoms with Crippen molar-refractivity contribution in [3.8, 4) is 0 Å². The number of hydrogen-bond acceptors (Lipinski definition) is 2. The second kappa shape index (κ2) is 4.95. The van der Waals surface area contributed by atoms with Crippen LogP contribution in [0.4, 0.5) is 0 Å². The summed E-state index contributed by atoms with van der Waals surface area (Å²) in [6.45, 7) is 0. The van der Waals surface area contributed by atoms with E-state index in [-0.39, 0.29) is 6.42 Å². The Balaban J connectivity index is 2.82. The molecule has 0 bridgehead atoms. The Morgan fingerprint density at radius 2 is 2.00 bits per heavy atom. The van der Waals surface area contributed by atoms with Crippen LogP contribution in [-0.4, -0.2) is 22.2 Å². The Morgan fingerprint density at radius 1 is 1.27 bits per heavy atom. The first-order valence-electron chi connectivity index (χ1n) is 4.29. The molecule has 4 heteroatoms. The number of hydrogen-bond donors (Lipinski definition) is 2. The first-order chi connectivity index (χ1) is 7.08. The minimum absolute atomic E-state index is 0.0608. The second-order valence-electron chi connectivity index (χ2n) is 2.99. The largest absolute Gasteiger partial charge is 0.481 e.